The third kappa shape index (κ3) is 3.18. The Labute approximate surface area is 174 Å². The van der Waals surface area contributed by atoms with E-state index in [1.165, 1.54) is 11.1 Å². The largest absolute Gasteiger partial charge is 0.309 e. The van der Waals surface area contributed by atoms with Crippen LogP contribution in [-0.2, 0) is 6.42 Å². The van der Waals surface area contributed by atoms with E-state index in [4.69, 9.17) is 4.98 Å². The molecule has 0 amide bonds. The van der Waals surface area contributed by atoms with Crippen molar-refractivity contribution in [3.63, 3.8) is 0 Å². The highest BCUT2D eigenvalue weighted by Gasteiger charge is 2.28. The second-order valence-electron chi connectivity index (χ2n) is 7.78. The Balaban J connectivity index is 1.58. The summed E-state index contributed by atoms with van der Waals surface area (Å²) in [5.74, 6) is 0.539. The van der Waals surface area contributed by atoms with Gasteiger partial charge < -0.3 is 4.90 Å². The Morgan fingerprint density at radius 3 is 2.70 bits per heavy atom. The van der Waals surface area contributed by atoms with Gasteiger partial charge in [0, 0.05) is 17.9 Å². The van der Waals surface area contributed by atoms with Gasteiger partial charge in [-0.1, -0.05) is 60.2 Å². The van der Waals surface area contributed by atoms with Crippen LogP contribution in [0.15, 0.2) is 65.6 Å². The number of aromatic nitrogens is 3. The molecule has 0 aliphatic carbocycles. The maximum atomic E-state index is 13.1. The minimum absolute atomic E-state index is 0.178. The van der Waals surface area contributed by atoms with E-state index in [9.17, 15) is 4.79 Å². The number of fused-ring (bicyclic) bond motifs is 2. The minimum atomic E-state index is -0.178. The molecule has 30 heavy (non-hydrogen) atoms. The molecule has 4 aromatic rings. The van der Waals surface area contributed by atoms with Gasteiger partial charge in [-0.25, -0.2) is 4.98 Å². The van der Waals surface area contributed by atoms with Gasteiger partial charge in [0.25, 0.3) is 5.56 Å². The molecule has 1 aliphatic rings. The molecular weight excluding hydrogens is 372 g/mol. The average Bonchev–Trinajstić information content (AvgIpc) is 3.08. The number of aromatic amines is 1. The van der Waals surface area contributed by atoms with Crippen LogP contribution in [0.5, 0.6) is 0 Å². The maximum Gasteiger partial charge on any atom is 0.262 e. The SMILES string of the molecule is Cc1ccc(/C=C/c2ccnc3nc(N4c5ccccc5C[C@@H]4C)[nH]c(=O)c23)cc1. The summed E-state index contributed by atoms with van der Waals surface area (Å²) in [6, 6.07) is 18.6. The maximum absolute atomic E-state index is 13.1. The number of nitrogens with zero attached hydrogens (tertiary/aromatic N) is 3. The van der Waals surface area contributed by atoms with Crippen LogP contribution >= 0.6 is 0 Å². The second-order valence-corrected chi connectivity index (χ2v) is 7.78. The van der Waals surface area contributed by atoms with Gasteiger partial charge in [-0.05, 0) is 49.1 Å². The molecule has 5 heteroatoms. The summed E-state index contributed by atoms with van der Waals surface area (Å²) in [4.78, 5) is 27.3. The summed E-state index contributed by atoms with van der Waals surface area (Å²) in [5.41, 5.74) is 5.72. The average molecular weight is 394 g/mol. The predicted octanol–water partition coefficient (Wildman–Crippen LogP) is 4.88. The van der Waals surface area contributed by atoms with Crippen molar-refractivity contribution >= 4 is 34.8 Å². The molecule has 2 aromatic heterocycles. The second kappa shape index (κ2) is 7.26. The Hall–Kier alpha value is -3.73. The van der Waals surface area contributed by atoms with Crippen molar-refractivity contribution in [3.8, 4) is 0 Å². The van der Waals surface area contributed by atoms with Crippen molar-refractivity contribution in [2.75, 3.05) is 4.90 Å². The third-order valence-corrected chi connectivity index (χ3v) is 5.60. The highest BCUT2D eigenvalue weighted by molar-refractivity contribution is 5.88. The quantitative estimate of drug-likeness (QED) is 0.538. The fourth-order valence-corrected chi connectivity index (χ4v) is 4.08. The first-order valence-electron chi connectivity index (χ1n) is 10.1. The normalized spacial score (nSPS) is 15.8. The van der Waals surface area contributed by atoms with E-state index < -0.39 is 0 Å². The molecular formula is C25H22N4O. The van der Waals surface area contributed by atoms with Crippen molar-refractivity contribution in [2.45, 2.75) is 26.3 Å². The van der Waals surface area contributed by atoms with Gasteiger partial charge >= 0.3 is 0 Å². The van der Waals surface area contributed by atoms with Crippen molar-refractivity contribution in [1.82, 2.24) is 15.0 Å². The molecule has 148 valence electrons. The topological polar surface area (TPSA) is 61.9 Å². The molecule has 5 nitrogen and oxygen atoms in total. The van der Waals surface area contributed by atoms with Gasteiger partial charge in [-0.2, -0.15) is 4.98 Å². The van der Waals surface area contributed by atoms with Crippen LogP contribution in [0, 0.1) is 6.92 Å². The van der Waals surface area contributed by atoms with Crippen LogP contribution in [-0.4, -0.2) is 21.0 Å². The molecule has 0 fully saturated rings. The molecule has 0 spiro atoms. The minimum Gasteiger partial charge on any atom is -0.309 e. The van der Waals surface area contributed by atoms with Crippen LogP contribution in [0.3, 0.4) is 0 Å². The number of hydrogen-bond donors (Lipinski definition) is 1. The Bertz CT molecular complexity index is 1320. The molecule has 2 aromatic carbocycles. The lowest BCUT2D eigenvalue weighted by molar-refractivity contribution is 0.740. The van der Waals surface area contributed by atoms with Gasteiger partial charge in [0.2, 0.25) is 5.95 Å². The summed E-state index contributed by atoms with van der Waals surface area (Å²) in [5, 5.41) is 0.504. The number of pyridine rings is 1. The number of hydrogen-bond acceptors (Lipinski definition) is 4. The molecule has 0 radical (unpaired) electrons. The number of anilines is 2. The molecule has 1 atom stereocenters. The fraction of sp³-hybridized carbons (Fsp3) is 0.160. The van der Waals surface area contributed by atoms with Crippen LogP contribution in [0.1, 0.15) is 29.2 Å². The van der Waals surface area contributed by atoms with Gasteiger partial charge in [-0.15, -0.1) is 0 Å². The highest BCUT2D eigenvalue weighted by atomic mass is 16.1. The van der Waals surface area contributed by atoms with Crippen LogP contribution in [0.4, 0.5) is 11.6 Å². The van der Waals surface area contributed by atoms with E-state index in [2.05, 4.69) is 65.1 Å². The lowest BCUT2D eigenvalue weighted by Gasteiger charge is -2.23. The first-order chi connectivity index (χ1) is 14.6. The predicted molar refractivity (Wildman–Crippen MR) is 122 cm³/mol. The van der Waals surface area contributed by atoms with Crippen molar-refractivity contribution in [2.24, 2.45) is 0 Å². The van der Waals surface area contributed by atoms with E-state index >= 15 is 0 Å². The van der Waals surface area contributed by atoms with E-state index in [1.54, 1.807) is 6.20 Å². The lowest BCUT2D eigenvalue weighted by atomic mass is 10.1. The van der Waals surface area contributed by atoms with Gasteiger partial charge in [0.05, 0.1) is 5.39 Å². The van der Waals surface area contributed by atoms with Crippen LogP contribution in [0.2, 0.25) is 0 Å². The van der Waals surface area contributed by atoms with E-state index in [0.717, 1.165) is 23.2 Å². The molecule has 0 bridgehead atoms. The molecule has 0 saturated heterocycles. The summed E-state index contributed by atoms with van der Waals surface area (Å²) in [6.45, 7) is 4.20. The molecule has 3 heterocycles. The van der Waals surface area contributed by atoms with E-state index in [1.807, 2.05) is 30.4 Å². The Kier molecular flexibility index (Phi) is 4.43. The first-order valence-corrected chi connectivity index (χ1v) is 10.1. The number of nitrogens with one attached hydrogen (secondary N) is 1. The molecule has 1 N–H and O–H groups in total. The fourth-order valence-electron chi connectivity index (χ4n) is 4.08. The lowest BCUT2D eigenvalue weighted by Crippen LogP contribution is -2.28. The summed E-state index contributed by atoms with van der Waals surface area (Å²) < 4.78 is 0. The molecule has 1 aliphatic heterocycles. The molecule has 0 saturated carbocycles. The van der Waals surface area contributed by atoms with Crippen molar-refractivity contribution in [1.29, 1.82) is 0 Å². The van der Waals surface area contributed by atoms with Crippen molar-refractivity contribution < 1.29 is 0 Å². The number of H-pyrrole nitrogens is 1. The van der Waals surface area contributed by atoms with Crippen molar-refractivity contribution in [3.05, 3.63) is 93.4 Å². The zero-order chi connectivity index (χ0) is 20.7. The van der Waals surface area contributed by atoms with Gasteiger partial charge in [0.1, 0.15) is 0 Å². The molecule has 0 unspecified atom stereocenters. The van der Waals surface area contributed by atoms with Crippen LogP contribution < -0.4 is 10.5 Å². The summed E-state index contributed by atoms with van der Waals surface area (Å²) in [6.07, 6.45) is 6.57. The number of rotatable bonds is 3. The van der Waals surface area contributed by atoms with E-state index in [0.29, 0.717) is 17.0 Å². The first kappa shape index (κ1) is 18.3. The third-order valence-electron chi connectivity index (χ3n) is 5.60. The summed E-state index contributed by atoms with van der Waals surface area (Å²) >= 11 is 0. The Morgan fingerprint density at radius 2 is 1.87 bits per heavy atom. The zero-order valence-corrected chi connectivity index (χ0v) is 17.0. The number of benzene rings is 2. The number of aryl methyl sites for hydroxylation is 1. The molecule has 5 rings (SSSR count). The van der Waals surface area contributed by atoms with Gasteiger partial charge in [-0.3, -0.25) is 9.78 Å². The highest BCUT2D eigenvalue weighted by Crippen LogP contribution is 2.36. The van der Waals surface area contributed by atoms with E-state index in [-0.39, 0.29) is 11.6 Å². The summed E-state index contributed by atoms with van der Waals surface area (Å²) in [7, 11) is 0. The van der Waals surface area contributed by atoms with Gasteiger partial charge in [0.15, 0.2) is 5.65 Å². The van der Waals surface area contributed by atoms with Crippen LogP contribution in [0.25, 0.3) is 23.2 Å². The smallest absolute Gasteiger partial charge is 0.262 e. The number of para-hydroxylation sites is 1. The monoisotopic (exact) mass is 394 g/mol. The zero-order valence-electron chi connectivity index (χ0n) is 17.0. The Morgan fingerprint density at radius 1 is 1.07 bits per heavy atom. The standard InChI is InChI=1S/C25H22N4O/c1-16-7-9-18(10-8-16)11-12-19-13-14-26-23-22(19)24(30)28-25(27-23)29-17(2)15-20-5-3-4-6-21(20)29/h3-14,17H,15H2,1-2H3,(H,26,27,28,30)/b12-11+/t17-/m0/s1.